The number of nitrogens with zero attached hydrogens (tertiary/aromatic N) is 2. The molecule has 0 unspecified atom stereocenters. The number of halogens is 1. The van der Waals surface area contributed by atoms with Gasteiger partial charge in [0.1, 0.15) is 0 Å². The first-order valence-corrected chi connectivity index (χ1v) is 10.5. The van der Waals surface area contributed by atoms with E-state index in [-0.39, 0.29) is 5.91 Å². The molecule has 1 aliphatic carbocycles. The minimum atomic E-state index is -0.0160. The van der Waals surface area contributed by atoms with Crippen molar-refractivity contribution in [3.63, 3.8) is 0 Å². The number of carbonyl (C=O) groups is 1. The van der Waals surface area contributed by atoms with Gasteiger partial charge in [-0.25, -0.2) is 0 Å². The van der Waals surface area contributed by atoms with E-state index in [1.807, 2.05) is 18.2 Å². The van der Waals surface area contributed by atoms with Crippen molar-refractivity contribution in [2.45, 2.75) is 12.8 Å². The highest BCUT2D eigenvalue weighted by Gasteiger charge is 2.30. The first-order chi connectivity index (χ1) is 14.1. The number of nitrogens with one attached hydrogen (secondary N) is 1. The van der Waals surface area contributed by atoms with Crippen LogP contribution in [0.3, 0.4) is 0 Å². The smallest absolute Gasteiger partial charge is 0.253 e. The zero-order valence-electron chi connectivity index (χ0n) is 16.7. The van der Waals surface area contributed by atoms with Crippen molar-refractivity contribution >= 4 is 29.3 Å². The van der Waals surface area contributed by atoms with Crippen molar-refractivity contribution in [2.75, 3.05) is 38.5 Å². The van der Waals surface area contributed by atoms with Crippen molar-refractivity contribution < 1.29 is 4.79 Å². The van der Waals surface area contributed by atoms with Gasteiger partial charge in [-0.1, -0.05) is 41.9 Å². The Labute approximate surface area is 177 Å². The summed E-state index contributed by atoms with van der Waals surface area (Å²) in [5.74, 6) is -0.0160. The molecule has 0 radical (unpaired) electrons. The molecule has 1 aliphatic heterocycles. The lowest BCUT2D eigenvalue weighted by Gasteiger charge is -2.36. The zero-order chi connectivity index (χ0) is 20.2. The molecule has 0 aromatic heterocycles. The van der Waals surface area contributed by atoms with Gasteiger partial charge in [-0.15, -0.1) is 0 Å². The Kier molecular flexibility index (Phi) is 6.02. The second-order valence-corrected chi connectivity index (χ2v) is 8.10. The molecule has 2 aromatic rings. The Hall–Kier alpha value is -2.56. The van der Waals surface area contributed by atoms with Gasteiger partial charge in [-0.3, -0.25) is 4.79 Å². The number of piperazine rings is 1. The summed E-state index contributed by atoms with van der Waals surface area (Å²) in [6.45, 7) is 3.90. The number of carbonyl (C=O) groups excluding carboxylic acids is 1. The van der Waals surface area contributed by atoms with Crippen LogP contribution in [0.2, 0.25) is 5.02 Å². The summed E-state index contributed by atoms with van der Waals surface area (Å²) in [6.07, 6.45) is 3.88. The summed E-state index contributed by atoms with van der Waals surface area (Å²) in [5.41, 5.74) is 5.20. The Morgan fingerprint density at radius 2 is 1.66 bits per heavy atom. The van der Waals surface area contributed by atoms with Crippen LogP contribution in [-0.4, -0.2) is 48.9 Å². The highest BCUT2D eigenvalue weighted by atomic mass is 35.5. The van der Waals surface area contributed by atoms with E-state index in [0.29, 0.717) is 5.02 Å². The molecule has 1 saturated heterocycles. The molecular formula is C24H26ClN3O. The maximum Gasteiger partial charge on any atom is 0.253 e. The number of hydrogen-bond acceptors (Lipinski definition) is 3. The molecule has 2 aliphatic rings. The number of anilines is 1. The maximum atomic E-state index is 13.1. The Balaban J connectivity index is 1.65. The van der Waals surface area contributed by atoms with Crippen LogP contribution in [0, 0.1) is 0 Å². The molecule has 2 aromatic carbocycles. The molecule has 150 valence electrons. The predicted octanol–water partition coefficient (Wildman–Crippen LogP) is 4.66. The van der Waals surface area contributed by atoms with Crippen LogP contribution in [0.4, 0.5) is 5.69 Å². The van der Waals surface area contributed by atoms with Crippen molar-refractivity contribution in [1.29, 1.82) is 0 Å². The summed E-state index contributed by atoms with van der Waals surface area (Å²) in [6, 6.07) is 17.6. The molecule has 5 heteroatoms. The van der Waals surface area contributed by atoms with Gasteiger partial charge in [0.05, 0.1) is 0 Å². The first-order valence-electron chi connectivity index (χ1n) is 10.1. The van der Waals surface area contributed by atoms with Crippen LogP contribution >= 0.6 is 11.6 Å². The lowest BCUT2D eigenvalue weighted by Crippen LogP contribution is -2.44. The molecule has 4 nitrogen and oxygen atoms in total. The van der Waals surface area contributed by atoms with E-state index in [2.05, 4.69) is 52.5 Å². The Morgan fingerprint density at radius 3 is 2.34 bits per heavy atom. The van der Waals surface area contributed by atoms with Crippen LogP contribution in [0.1, 0.15) is 18.4 Å². The topological polar surface area (TPSA) is 35.6 Å². The second-order valence-electron chi connectivity index (χ2n) is 7.66. The van der Waals surface area contributed by atoms with Crippen molar-refractivity contribution in [3.05, 3.63) is 82.0 Å². The quantitative estimate of drug-likeness (QED) is 0.800. The van der Waals surface area contributed by atoms with E-state index in [9.17, 15) is 4.79 Å². The third kappa shape index (κ3) is 4.72. The molecule has 0 saturated carbocycles. The average molecular weight is 408 g/mol. The van der Waals surface area contributed by atoms with E-state index in [1.54, 1.807) is 12.1 Å². The molecule has 1 heterocycles. The number of likely N-dealkylation sites (N-methyl/N-ethyl adjacent to an activating group) is 1. The molecule has 0 spiro atoms. The van der Waals surface area contributed by atoms with Gasteiger partial charge in [-0.05, 0) is 61.4 Å². The summed E-state index contributed by atoms with van der Waals surface area (Å²) in [4.78, 5) is 17.9. The number of allylic oxidation sites excluding steroid dienone is 1. The largest absolute Gasteiger partial charge is 0.368 e. The third-order valence-electron chi connectivity index (χ3n) is 5.57. The highest BCUT2D eigenvalue weighted by Crippen LogP contribution is 2.36. The van der Waals surface area contributed by atoms with Crippen molar-refractivity contribution in [2.24, 2.45) is 0 Å². The fraction of sp³-hybridized carbons (Fsp3) is 0.292. The monoisotopic (exact) mass is 407 g/mol. The Bertz CT molecular complexity index is 926. The van der Waals surface area contributed by atoms with Crippen molar-refractivity contribution in [3.8, 4) is 0 Å². The predicted molar refractivity (Wildman–Crippen MR) is 120 cm³/mol. The van der Waals surface area contributed by atoms with E-state index in [1.165, 1.54) is 11.1 Å². The van der Waals surface area contributed by atoms with Gasteiger partial charge in [0, 0.05) is 48.2 Å². The number of amides is 1. The van der Waals surface area contributed by atoms with Crippen LogP contribution in [0.25, 0.3) is 6.08 Å². The van der Waals surface area contributed by atoms with Crippen LogP contribution in [0.15, 0.2) is 71.4 Å². The first kappa shape index (κ1) is 19.7. The van der Waals surface area contributed by atoms with Gasteiger partial charge in [0.2, 0.25) is 0 Å². The molecular weight excluding hydrogens is 382 g/mol. The molecule has 1 amide bonds. The Morgan fingerprint density at radius 1 is 0.966 bits per heavy atom. The van der Waals surface area contributed by atoms with Gasteiger partial charge in [-0.2, -0.15) is 0 Å². The lowest BCUT2D eigenvalue weighted by atomic mass is 10.1. The normalized spacial score (nSPS) is 19.1. The van der Waals surface area contributed by atoms with Crippen LogP contribution < -0.4 is 5.32 Å². The number of benzene rings is 2. The summed E-state index contributed by atoms with van der Waals surface area (Å²) < 4.78 is 0. The summed E-state index contributed by atoms with van der Waals surface area (Å²) in [5, 5.41) is 3.71. The lowest BCUT2D eigenvalue weighted by molar-refractivity contribution is -0.113. The van der Waals surface area contributed by atoms with E-state index in [0.717, 1.165) is 56.0 Å². The SMILES string of the molecule is CN1CCN(C2=C(C(=O)Nc3ccc(Cl)cc3)CCC2=Cc2ccccc2)CC1. The van der Waals surface area contributed by atoms with Gasteiger partial charge >= 0.3 is 0 Å². The second kappa shape index (κ2) is 8.85. The van der Waals surface area contributed by atoms with Gasteiger partial charge in [0.25, 0.3) is 5.91 Å². The molecule has 1 fully saturated rings. The van der Waals surface area contributed by atoms with E-state index < -0.39 is 0 Å². The van der Waals surface area contributed by atoms with E-state index in [4.69, 9.17) is 11.6 Å². The minimum absolute atomic E-state index is 0.0160. The number of hydrogen-bond donors (Lipinski definition) is 1. The standard InChI is InChI=1S/C24H26ClN3O/c1-27-13-15-28(16-14-27)23-19(17-18-5-3-2-4-6-18)7-12-22(23)24(29)26-21-10-8-20(25)9-11-21/h2-6,8-11,17H,7,12-16H2,1H3,(H,26,29). The fourth-order valence-corrected chi connectivity index (χ4v) is 4.09. The van der Waals surface area contributed by atoms with Crippen LogP contribution in [-0.2, 0) is 4.79 Å². The molecule has 0 bridgehead atoms. The average Bonchev–Trinajstić information content (AvgIpc) is 3.15. The maximum absolute atomic E-state index is 13.1. The fourth-order valence-electron chi connectivity index (χ4n) is 3.97. The van der Waals surface area contributed by atoms with Crippen molar-refractivity contribution in [1.82, 2.24) is 9.80 Å². The third-order valence-corrected chi connectivity index (χ3v) is 5.82. The van der Waals surface area contributed by atoms with Crippen LogP contribution in [0.5, 0.6) is 0 Å². The van der Waals surface area contributed by atoms with Gasteiger partial charge in [0.15, 0.2) is 0 Å². The summed E-state index contributed by atoms with van der Waals surface area (Å²) in [7, 11) is 2.15. The summed E-state index contributed by atoms with van der Waals surface area (Å²) >= 11 is 5.97. The molecule has 29 heavy (non-hydrogen) atoms. The highest BCUT2D eigenvalue weighted by molar-refractivity contribution is 6.30. The molecule has 4 rings (SSSR count). The molecule has 0 atom stereocenters. The van der Waals surface area contributed by atoms with Gasteiger partial charge < -0.3 is 15.1 Å². The molecule has 1 N–H and O–H groups in total. The zero-order valence-corrected chi connectivity index (χ0v) is 17.5. The van der Waals surface area contributed by atoms with E-state index >= 15 is 0 Å². The minimum Gasteiger partial charge on any atom is -0.368 e. The number of rotatable bonds is 4.